The van der Waals surface area contributed by atoms with Gasteiger partial charge in [-0.25, -0.2) is 0 Å². The highest BCUT2D eigenvalue weighted by molar-refractivity contribution is 6.40. The van der Waals surface area contributed by atoms with E-state index in [4.69, 9.17) is 0 Å². The zero-order valence-corrected chi connectivity index (χ0v) is 32.5. The fourth-order valence-corrected chi connectivity index (χ4v) is 8.54. The standard InChI is InChI=1S/C48H57NO4/c1-5-6-7-8-9-10-11-12-13-14-15-19-22-42(51)39-28-25-36-38-27-30-41-46-40(47(52)49(48(41)53)31-20-17-16-18-21-32(2)3)29-26-37(45(38)46)35-24-23-34(33(4)50)43(39)44(35)36/h19,22-30,32H,5-18,20-21,31H2,1-4H3/b22-19+. The third-order valence-corrected chi connectivity index (χ3v) is 11.4. The van der Waals surface area contributed by atoms with E-state index in [1.165, 1.54) is 75.5 Å². The van der Waals surface area contributed by atoms with E-state index in [2.05, 4.69) is 20.8 Å². The van der Waals surface area contributed by atoms with Crippen LogP contribution >= 0.6 is 0 Å². The summed E-state index contributed by atoms with van der Waals surface area (Å²) in [6, 6.07) is 15.3. The van der Waals surface area contributed by atoms with Gasteiger partial charge in [-0.2, -0.15) is 0 Å². The molecular weight excluding hydrogens is 655 g/mol. The fourth-order valence-electron chi connectivity index (χ4n) is 8.54. The van der Waals surface area contributed by atoms with Gasteiger partial charge in [0.2, 0.25) is 0 Å². The molecule has 5 heteroatoms. The maximum absolute atomic E-state index is 13.9. The van der Waals surface area contributed by atoms with Crippen LogP contribution in [0.1, 0.15) is 172 Å². The van der Waals surface area contributed by atoms with E-state index in [1.54, 1.807) is 13.0 Å². The summed E-state index contributed by atoms with van der Waals surface area (Å²) in [5.74, 6) is 0.0214. The molecule has 0 N–H and O–H groups in total. The number of hydrogen-bond acceptors (Lipinski definition) is 4. The van der Waals surface area contributed by atoms with Gasteiger partial charge in [0.1, 0.15) is 0 Å². The summed E-state index contributed by atoms with van der Waals surface area (Å²) in [6.45, 7) is 8.70. The second-order valence-electron chi connectivity index (χ2n) is 15.8. The van der Waals surface area contributed by atoms with E-state index in [0.29, 0.717) is 45.5 Å². The van der Waals surface area contributed by atoms with Crippen molar-refractivity contribution in [3.63, 3.8) is 0 Å². The van der Waals surface area contributed by atoms with Crippen LogP contribution < -0.4 is 0 Å². The Hall–Kier alpha value is -4.38. The molecule has 0 aromatic heterocycles. The molecule has 0 fully saturated rings. The van der Waals surface area contributed by atoms with Crippen LogP contribution in [0.5, 0.6) is 0 Å². The number of benzene rings is 5. The van der Waals surface area contributed by atoms with Crippen LogP contribution in [0.3, 0.4) is 0 Å². The lowest BCUT2D eigenvalue weighted by atomic mass is 9.82. The molecule has 0 saturated carbocycles. The molecule has 0 aliphatic carbocycles. The normalized spacial score (nSPS) is 13.3. The van der Waals surface area contributed by atoms with Gasteiger partial charge in [0, 0.05) is 39.6 Å². The Morgan fingerprint density at radius 1 is 0.585 bits per heavy atom. The molecular formula is C48H57NO4. The molecule has 6 rings (SSSR count). The van der Waals surface area contributed by atoms with Crippen LogP contribution in [0.25, 0.3) is 43.1 Å². The van der Waals surface area contributed by atoms with Crippen LogP contribution in [0.15, 0.2) is 60.7 Å². The molecule has 278 valence electrons. The second-order valence-corrected chi connectivity index (χ2v) is 15.8. The van der Waals surface area contributed by atoms with Crippen molar-refractivity contribution in [3.05, 3.63) is 82.9 Å². The Balaban J connectivity index is 1.26. The lowest BCUT2D eigenvalue weighted by Gasteiger charge is -2.28. The van der Waals surface area contributed by atoms with Crippen LogP contribution in [0, 0.1) is 5.92 Å². The number of carbonyl (C=O) groups is 4. The fraction of sp³-hybridized carbons (Fsp3) is 0.458. The van der Waals surface area contributed by atoms with Crippen molar-refractivity contribution in [3.8, 4) is 0 Å². The number of hydrogen-bond donors (Lipinski definition) is 0. The zero-order valence-electron chi connectivity index (χ0n) is 32.5. The van der Waals surface area contributed by atoms with Crippen LogP contribution in [0.4, 0.5) is 0 Å². The monoisotopic (exact) mass is 711 g/mol. The van der Waals surface area contributed by atoms with E-state index in [-0.39, 0.29) is 23.4 Å². The van der Waals surface area contributed by atoms with Gasteiger partial charge in [0.05, 0.1) is 0 Å². The van der Waals surface area contributed by atoms with Gasteiger partial charge >= 0.3 is 0 Å². The van der Waals surface area contributed by atoms with Gasteiger partial charge in [-0.05, 0) is 88.7 Å². The third-order valence-electron chi connectivity index (χ3n) is 11.4. The minimum absolute atomic E-state index is 0.0932. The number of carbonyl (C=O) groups excluding carboxylic acids is 4. The summed E-state index contributed by atoms with van der Waals surface area (Å²) in [6.07, 6.45) is 22.5. The van der Waals surface area contributed by atoms with E-state index in [0.717, 1.165) is 64.4 Å². The first-order valence-corrected chi connectivity index (χ1v) is 20.5. The van der Waals surface area contributed by atoms with Crippen molar-refractivity contribution in [2.24, 2.45) is 5.92 Å². The highest BCUT2D eigenvalue weighted by atomic mass is 16.2. The lowest BCUT2D eigenvalue weighted by molar-refractivity contribution is 0.0607. The minimum Gasteiger partial charge on any atom is -0.294 e. The predicted molar refractivity (Wildman–Crippen MR) is 221 cm³/mol. The molecule has 0 atom stereocenters. The van der Waals surface area contributed by atoms with Gasteiger partial charge in [-0.1, -0.05) is 141 Å². The molecule has 0 saturated heterocycles. The molecule has 0 unspecified atom stereocenters. The van der Waals surface area contributed by atoms with Crippen LogP contribution in [0.2, 0.25) is 0 Å². The molecule has 1 aliphatic rings. The molecule has 0 radical (unpaired) electrons. The first-order valence-electron chi connectivity index (χ1n) is 20.5. The van der Waals surface area contributed by atoms with Crippen molar-refractivity contribution < 1.29 is 19.2 Å². The highest BCUT2D eigenvalue weighted by Gasteiger charge is 2.34. The Morgan fingerprint density at radius 3 is 1.64 bits per heavy atom. The maximum atomic E-state index is 13.9. The van der Waals surface area contributed by atoms with Gasteiger partial charge in [-0.15, -0.1) is 0 Å². The van der Waals surface area contributed by atoms with E-state index < -0.39 is 0 Å². The van der Waals surface area contributed by atoms with Crippen LogP contribution in [-0.2, 0) is 0 Å². The maximum Gasteiger partial charge on any atom is 0.261 e. The number of amides is 2. The number of allylic oxidation sites excluding steroid dienone is 2. The van der Waals surface area contributed by atoms with E-state index in [9.17, 15) is 19.2 Å². The molecule has 5 aromatic rings. The summed E-state index contributed by atoms with van der Waals surface area (Å²) in [5, 5.41) is 6.76. The Kier molecular flexibility index (Phi) is 12.8. The summed E-state index contributed by atoms with van der Waals surface area (Å²) in [5.41, 5.74) is 2.16. The molecule has 5 nitrogen and oxygen atoms in total. The van der Waals surface area contributed by atoms with Crippen LogP contribution in [-0.4, -0.2) is 34.8 Å². The number of ketones is 2. The molecule has 2 amide bonds. The number of fused-ring (bicyclic) bond motifs is 2. The smallest absolute Gasteiger partial charge is 0.261 e. The Bertz CT molecular complexity index is 2080. The number of nitrogens with zero attached hydrogens (tertiary/aromatic N) is 1. The number of imide groups is 1. The molecule has 1 aliphatic heterocycles. The van der Waals surface area contributed by atoms with Crippen molar-refractivity contribution in [2.75, 3.05) is 6.54 Å². The lowest BCUT2D eigenvalue weighted by Crippen LogP contribution is -2.40. The number of unbranched alkanes of at least 4 members (excludes halogenated alkanes) is 13. The quantitative estimate of drug-likeness (QED) is 0.0190. The first-order chi connectivity index (χ1) is 25.7. The molecule has 1 heterocycles. The zero-order chi connectivity index (χ0) is 37.5. The molecule has 0 bridgehead atoms. The van der Waals surface area contributed by atoms with Crippen molar-refractivity contribution >= 4 is 66.5 Å². The summed E-state index contributed by atoms with van der Waals surface area (Å²) in [4.78, 5) is 56.0. The van der Waals surface area contributed by atoms with Crippen molar-refractivity contribution in [2.45, 2.75) is 130 Å². The SMILES string of the molecule is CCCCCCCCCCCC/C=C/C(=O)c1ccc2c3ccc4c5c(ccc(c6ccc(C(C)=O)c1c62)c53)C(=O)N(CCCCCCC(C)C)C4=O. The van der Waals surface area contributed by atoms with Crippen molar-refractivity contribution in [1.29, 1.82) is 0 Å². The summed E-state index contributed by atoms with van der Waals surface area (Å²) in [7, 11) is 0. The van der Waals surface area contributed by atoms with Crippen molar-refractivity contribution in [1.82, 2.24) is 4.90 Å². The van der Waals surface area contributed by atoms with Gasteiger partial charge in [0.25, 0.3) is 11.8 Å². The molecule has 0 spiro atoms. The van der Waals surface area contributed by atoms with Gasteiger partial charge < -0.3 is 0 Å². The third kappa shape index (κ3) is 8.10. The summed E-state index contributed by atoms with van der Waals surface area (Å²) < 4.78 is 0. The second kappa shape index (κ2) is 17.6. The van der Waals surface area contributed by atoms with Gasteiger partial charge in [-0.3, -0.25) is 24.1 Å². The molecule has 53 heavy (non-hydrogen) atoms. The first kappa shape index (κ1) is 38.3. The van der Waals surface area contributed by atoms with E-state index in [1.807, 2.05) is 54.6 Å². The average Bonchev–Trinajstić information content (AvgIpc) is 3.15. The largest absolute Gasteiger partial charge is 0.294 e. The molecule has 5 aromatic carbocycles. The van der Waals surface area contributed by atoms with Gasteiger partial charge in [0.15, 0.2) is 11.6 Å². The average molecular weight is 712 g/mol. The topological polar surface area (TPSA) is 71.5 Å². The number of Topliss-reactive ketones (excluding diaryl/α,β-unsaturated/α-hetero) is 1. The Labute approximate surface area is 315 Å². The highest BCUT2D eigenvalue weighted by Crippen LogP contribution is 2.45. The number of rotatable bonds is 21. The minimum atomic E-state index is -0.234. The Morgan fingerprint density at radius 2 is 1.08 bits per heavy atom. The van der Waals surface area contributed by atoms with E-state index >= 15 is 0 Å². The summed E-state index contributed by atoms with van der Waals surface area (Å²) >= 11 is 0. The predicted octanol–water partition coefficient (Wildman–Crippen LogP) is 13.2.